The Labute approximate surface area is 130 Å². The summed E-state index contributed by atoms with van der Waals surface area (Å²) in [6.45, 7) is 3.77. The minimum absolute atomic E-state index is 0.186. The van der Waals surface area contributed by atoms with Crippen LogP contribution in [0.25, 0.3) is 6.08 Å². The molecule has 1 fully saturated rings. The number of ether oxygens (including phenoxy) is 1. The Kier molecular flexibility index (Phi) is 4.91. The van der Waals surface area contributed by atoms with Gasteiger partial charge in [0.1, 0.15) is 0 Å². The third-order valence-electron chi connectivity index (χ3n) is 3.91. The molecule has 0 aromatic heterocycles. The molecule has 1 aromatic carbocycles. The molecule has 1 aromatic rings. The average Bonchev–Trinajstić information content (AvgIpc) is 2.45. The number of halogens is 1. The molecule has 0 aliphatic carbocycles. The molecule has 114 valence electrons. The van der Waals surface area contributed by atoms with Crippen LogP contribution in [-0.2, 0) is 9.53 Å². The minimum atomic E-state index is -0.985. The highest BCUT2D eigenvalue weighted by Gasteiger charge is 2.31. The van der Waals surface area contributed by atoms with Gasteiger partial charge in [0.15, 0.2) is 0 Å². The number of rotatable bonds is 4. The molecule has 1 atom stereocenters. The van der Waals surface area contributed by atoms with E-state index in [1.807, 2.05) is 12.1 Å². The summed E-state index contributed by atoms with van der Waals surface area (Å²) in [5.74, 6) is -0.985. The molecular formula is C16H20ClNO3. The molecule has 4 nitrogen and oxygen atoms in total. The van der Waals surface area contributed by atoms with Gasteiger partial charge in [-0.1, -0.05) is 17.7 Å². The standard InChI is InChI=1S/C16H20ClNO3/c1-16(21-2)9-4-10-18(11-16)14-6-3-5-13(17)12(14)7-8-15(19)20/h3,5-8H,4,9-11H2,1-2H3,(H,19,20)/b8-7+. The van der Waals surface area contributed by atoms with Crippen LogP contribution in [0.15, 0.2) is 24.3 Å². The van der Waals surface area contributed by atoms with Gasteiger partial charge >= 0.3 is 5.97 Å². The SMILES string of the molecule is COC1(C)CCCN(c2cccc(Cl)c2/C=C/C(=O)O)C1. The van der Waals surface area contributed by atoms with Crippen LogP contribution in [0.1, 0.15) is 25.3 Å². The van der Waals surface area contributed by atoms with Crippen molar-refractivity contribution in [2.45, 2.75) is 25.4 Å². The van der Waals surface area contributed by atoms with Crippen LogP contribution < -0.4 is 4.90 Å². The topological polar surface area (TPSA) is 49.8 Å². The van der Waals surface area contributed by atoms with Gasteiger partial charge in [-0.05, 0) is 38.0 Å². The van der Waals surface area contributed by atoms with Crippen molar-refractivity contribution >= 4 is 29.3 Å². The lowest BCUT2D eigenvalue weighted by Gasteiger charge is -2.41. The first-order valence-corrected chi connectivity index (χ1v) is 7.32. The number of piperidine rings is 1. The van der Waals surface area contributed by atoms with Crippen molar-refractivity contribution in [3.05, 3.63) is 34.9 Å². The third-order valence-corrected chi connectivity index (χ3v) is 4.24. The van der Waals surface area contributed by atoms with Gasteiger partial charge in [-0.3, -0.25) is 0 Å². The second-order valence-corrected chi connectivity index (χ2v) is 5.93. The van der Waals surface area contributed by atoms with Gasteiger partial charge in [0.2, 0.25) is 0 Å². The van der Waals surface area contributed by atoms with E-state index in [-0.39, 0.29) is 5.60 Å². The number of benzene rings is 1. The second-order valence-electron chi connectivity index (χ2n) is 5.52. The van der Waals surface area contributed by atoms with E-state index in [2.05, 4.69) is 11.8 Å². The van der Waals surface area contributed by atoms with Crippen LogP contribution in [0.5, 0.6) is 0 Å². The van der Waals surface area contributed by atoms with Crippen molar-refractivity contribution in [2.75, 3.05) is 25.1 Å². The number of aliphatic carboxylic acids is 1. The quantitative estimate of drug-likeness (QED) is 0.866. The fraction of sp³-hybridized carbons (Fsp3) is 0.438. The van der Waals surface area contributed by atoms with Crippen molar-refractivity contribution in [1.29, 1.82) is 0 Å². The van der Waals surface area contributed by atoms with Crippen LogP contribution in [0.4, 0.5) is 5.69 Å². The van der Waals surface area contributed by atoms with Crippen molar-refractivity contribution in [3.8, 4) is 0 Å². The van der Waals surface area contributed by atoms with Crippen LogP contribution in [-0.4, -0.2) is 36.9 Å². The van der Waals surface area contributed by atoms with Gasteiger partial charge < -0.3 is 14.7 Å². The number of anilines is 1. The summed E-state index contributed by atoms with van der Waals surface area (Å²) in [5, 5.41) is 9.38. The predicted octanol–water partition coefficient (Wildman–Crippen LogP) is 3.44. The molecule has 5 heteroatoms. The number of carboxylic acid groups (broad SMARTS) is 1. The molecule has 0 radical (unpaired) electrons. The Morgan fingerprint density at radius 3 is 2.95 bits per heavy atom. The van der Waals surface area contributed by atoms with Gasteiger partial charge in [0.05, 0.1) is 5.60 Å². The maximum absolute atomic E-state index is 10.8. The van der Waals surface area contributed by atoms with Gasteiger partial charge in [0.25, 0.3) is 0 Å². The first-order chi connectivity index (χ1) is 9.95. The third kappa shape index (κ3) is 3.77. The molecule has 0 bridgehead atoms. The number of nitrogens with zero attached hydrogens (tertiary/aromatic N) is 1. The summed E-state index contributed by atoms with van der Waals surface area (Å²) in [6, 6.07) is 5.62. The van der Waals surface area contributed by atoms with E-state index >= 15 is 0 Å². The lowest BCUT2D eigenvalue weighted by atomic mass is 9.93. The first kappa shape index (κ1) is 15.9. The van der Waals surface area contributed by atoms with Crippen molar-refractivity contribution < 1.29 is 14.6 Å². The van der Waals surface area contributed by atoms with Gasteiger partial charge in [-0.15, -0.1) is 0 Å². The molecule has 0 spiro atoms. The van der Waals surface area contributed by atoms with Crippen LogP contribution in [0, 0.1) is 0 Å². The minimum Gasteiger partial charge on any atom is -0.478 e. The van der Waals surface area contributed by atoms with Crippen molar-refractivity contribution in [2.24, 2.45) is 0 Å². The van der Waals surface area contributed by atoms with E-state index in [9.17, 15) is 4.79 Å². The smallest absolute Gasteiger partial charge is 0.328 e. The van der Waals surface area contributed by atoms with Gasteiger partial charge in [-0.25, -0.2) is 4.79 Å². The number of methoxy groups -OCH3 is 1. The molecule has 0 saturated carbocycles. The van der Waals surface area contributed by atoms with E-state index in [1.165, 1.54) is 0 Å². The molecule has 2 rings (SSSR count). The summed E-state index contributed by atoms with van der Waals surface area (Å²) < 4.78 is 5.61. The van der Waals surface area contributed by atoms with Gasteiger partial charge in [0, 0.05) is 42.5 Å². The molecule has 1 aliphatic rings. The molecule has 1 unspecified atom stereocenters. The van der Waals surface area contributed by atoms with Crippen LogP contribution >= 0.6 is 11.6 Å². The monoisotopic (exact) mass is 309 g/mol. The molecule has 0 amide bonds. The predicted molar refractivity (Wildman–Crippen MR) is 85.0 cm³/mol. The summed E-state index contributed by atoms with van der Waals surface area (Å²) in [6.07, 6.45) is 4.71. The molecule has 1 heterocycles. The Bertz CT molecular complexity index is 558. The number of hydrogen-bond acceptors (Lipinski definition) is 3. The Balaban J connectivity index is 2.35. The number of carboxylic acids is 1. The highest BCUT2D eigenvalue weighted by Crippen LogP contribution is 2.33. The molecule has 21 heavy (non-hydrogen) atoms. The van der Waals surface area contributed by atoms with E-state index in [4.69, 9.17) is 21.4 Å². The molecular weight excluding hydrogens is 290 g/mol. The summed E-state index contributed by atoms with van der Waals surface area (Å²) in [5.41, 5.74) is 1.50. The number of carbonyl (C=O) groups is 1. The maximum atomic E-state index is 10.8. The average molecular weight is 310 g/mol. The molecule has 1 N–H and O–H groups in total. The highest BCUT2D eigenvalue weighted by molar-refractivity contribution is 6.32. The summed E-state index contributed by atoms with van der Waals surface area (Å²) in [7, 11) is 1.73. The Morgan fingerprint density at radius 1 is 1.52 bits per heavy atom. The van der Waals surface area contributed by atoms with E-state index in [0.29, 0.717) is 5.02 Å². The maximum Gasteiger partial charge on any atom is 0.328 e. The first-order valence-electron chi connectivity index (χ1n) is 6.95. The number of hydrogen-bond donors (Lipinski definition) is 1. The Morgan fingerprint density at radius 2 is 2.29 bits per heavy atom. The van der Waals surface area contributed by atoms with E-state index in [0.717, 1.165) is 43.3 Å². The van der Waals surface area contributed by atoms with E-state index in [1.54, 1.807) is 19.3 Å². The second kappa shape index (κ2) is 6.50. The molecule has 1 saturated heterocycles. The zero-order valence-corrected chi connectivity index (χ0v) is 13.1. The van der Waals surface area contributed by atoms with Crippen LogP contribution in [0.3, 0.4) is 0 Å². The van der Waals surface area contributed by atoms with Crippen LogP contribution in [0.2, 0.25) is 5.02 Å². The lowest BCUT2D eigenvalue weighted by molar-refractivity contribution is -0.131. The van der Waals surface area contributed by atoms with Gasteiger partial charge in [-0.2, -0.15) is 0 Å². The fourth-order valence-corrected chi connectivity index (χ4v) is 2.93. The largest absolute Gasteiger partial charge is 0.478 e. The highest BCUT2D eigenvalue weighted by atomic mass is 35.5. The van der Waals surface area contributed by atoms with E-state index < -0.39 is 5.97 Å². The normalized spacial score (nSPS) is 22.7. The van der Waals surface area contributed by atoms with Crippen molar-refractivity contribution in [1.82, 2.24) is 0 Å². The summed E-state index contributed by atoms with van der Waals surface area (Å²) in [4.78, 5) is 13.0. The zero-order chi connectivity index (χ0) is 15.5. The molecule has 1 aliphatic heterocycles. The Hall–Kier alpha value is -1.52. The van der Waals surface area contributed by atoms with Crippen molar-refractivity contribution in [3.63, 3.8) is 0 Å². The zero-order valence-electron chi connectivity index (χ0n) is 12.3. The summed E-state index contributed by atoms with van der Waals surface area (Å²) >= 11 is 6.23. The fourth-order valence-electron chi connectivity index (χ4n) is 2.70. The lowest BCUT2D eigenvalue weighted by Crippen LogP contribution is -2.47.